The second kappa shape index (κ2) is 5.26. The molecule has 0 unspecified atom stereocenters. The van der Waals surface area contributed by atoms with Gasteiger partial charge in [-0.1, -0.05) is 30.3 Å². The first-order valence-electron chi connectivity index (χ1n) is 6.36. The zero-order valence-corrected chi connectivity index (χ0v) is 12.8. The maximum atomic E-state index is 12.6. The van der Waals surface area contributed by atoms with Gasteiger partial charge < -0.3 is 0 Å². The fraction of sp³-hybridized carbons (Fsp3) is 0.0625. The zero-order valence-electron chi connectivity index (χ0n) is 11.2. The molecule has 0 aliphatic carbocycles. The molecule has 2 aromatic heterocycles. The van der Waals surface area contributed by atoms with E-state index in [1.165, 1.54) is 4.40 Å². The van der Waals surface area contributed by atoms with Crippen molar-refractivity contribution >= 4 is 27.4 Å². The maximum Gasteiger partial charge on any atom is 0.269 e. The summed E-state index contributed by atoms with van der Waals surface area (Å²) in [7, 11) is 0. The van der Waals surface area contributed by atoms with Gasteiger partial charge in [-0.3, -0.25) is 14.0 Å². The van der Waals surface area contributed by atoms with Gasteiger partial charge in [0, 0.05) is 16.2 Å². The number of fused-ring (bicyclic) bond motifs is 1. The van der Waals surface area contributed by atoms with Crippen LogP contribution in [-0.2, 0) is 0 Å². The van der Waals surface area contributed by atoms with E-state index in [-0.39, 0.29) is 16.9 Å². The maximum absolute atomic E-state index is 12.6. The Kier molecular flexibility index (Phi) is 3.43. The van der Waals surface area contributed by atoms with Crippen LogP contribution in [-0.4, -0.2) is 15.2 Å². The number of ketones is 1. The highest BCUT2D eigenvalue weighted by molar-refractivity contribution is 9.10. The van der Waals surface area contributed by atoms with Crippen molar-refractivity contribution in [3.05, 3.63) is 80.3 Å². The number of halogens is 1. The molecule has 4 nitrogen and oxygen atoms in total. The van der Waals surface area contributed by atoms with Crippen LogP contribution in [0.3, 0.4) is 0 Å². The first-order chi connectivity index (χ1) is 10.1. The monoisotopic (exact) mass is 342 g/mol. The molecule has 0 fully saturated rings. The van der Waals surface area contributed by atoms with E-state index in [0.29, 0.717) is 16.9 Å². The lowest BCUT2D eigenvalue weighted by Crippen LogP contribution is -2.25. The quantitative estimate of drug-likeness (QED) is 0.672. The summed E-state index contributed by atoms with van der Waals surface area (Å²) in [5.74, 6) is -0.306. The molecule has 0 saturated heterocycles. The minimum absolute atomic E-state index is 0.108. The molecule has 1 aromatic carbocycles. The van der Waals surface area contributed by atoms with Crippen molar-refractivity contribution < 1.29 is 4.79 Å². The summed E-state index contributed by atoms with van der Waals surface area (Å²) in [6.45, 7) is 1.68. The Bertz CT molecular complexity index is 901. The summed E-state index contributed by atoms with van der Waals surface area (Å²) in [6, 6.07) is 12.3. The van der Waals surface area contributed by atoms with Crippen LogP contribution in [0.25, 0.3) is 5.65 Å². The number of hydrogen-bond donors (Lipinski definition) is 0. The second-order valence-corrected chi connectivity index (χ2v) is 5.56. The van der Waals surface area contributed by atoms with E-state index in [2.05, 4.69) is 20.9 Å². The van der Waals surface area contributed by atoms with E-state index in [1.54, 1.807) is 49.5 Å². The molecule has 0 radical (unpaired) electrons. The van der Waals surface area contributed by atoms with Gasteiger partial charge in [0.15, 0.2) is 5.78 Å². The van der Waals surface area contributed by atoms with Crippen LogP contribution in [0.5, 0.6) is 0 Å². The number of nitrogens with zero attached hydrogens (tertiary/aromatic N) is 2. The smallest absolute Gasteiger partial charge is 0.269 e. The Morgan fingerprint density at radius 3 is 2.57 bits per heavy atom. The minimum Gasteiger partial charge on any atom is -0.288 e. The summed E-state index contributed by atoms with van der Waals surface area (Å²) < 4.78 is 2.13. The number of aromatic nitrogens is 2. The molecule has 3 aromatic rings. The molecule has 0 amide bonds. The molecule has 0 aliphatic rings. The van der Waals surface area contributed by atoms with Gasteiger partial charge >= 0.3 is 0 Å². The third-order valence-corrected chi connectivity index (χ3v) is 3.70. The van der Waals surface area contributed by atoms with Gasteiger partial charge in [0.25, 0.3) is 5.56 Å². The number of carbonyl (C=O) groups excluding carboxylic acids is 1. The fourth-order valence-corrected chi connectivity index (χ4v) is 2.56. The molecule has 2 heterocycles. The first-order valence-corrected chi connectivity index (χ1v) is 7.15. The Hall–Kier alpha value is -2.27. The summed E-state index contributed by atoms with van der Waals surface area (Å²) in [4.78, 5) is 29.5. The summed E-state index contributed by atoms with van der Waals surface area (Å²) in [6.07, 6.45) is 1.62. The van der Waals surface area contributed by atoms with E-state index in [4.69, 9.17) is 0 Å². The predicted octanol–water partition coefficient (Wildman–Crippen LogP) is 3.00. The molecule has 21 heavy (non-hydrogen) atoms. The number of benzene rings is 1. The Balaban J connectivity index is 2.28. The number of pyridine rings is 1. The van der Waals surface area contributed by atoms with Crippen LogP contribution in [0.15, 0.2) is 57.9 Å². The average molecular weight is 343 g/mol. The summed E-state index contributed by atoms with van der Waals surface area (Å²) >= 11 is 3.32. The lowest BCUT2D eigenvalue weighted by Gasteiger charge is -2.07. The van der Waals surface area contributed by atoms with Crippen LogP contribution >= 0.6 is 15.9 Å². The van der Waals surface area contributed by atoms with Gasteiger partial charge in [0.2, 0.25) is 0 Å². The van der Waals surface area contributed by atoms with Crippen molar-refractivity contribution in [1.29, 1.82) is 0 Å². The Morgan fingerprint density at radius 2 is 1.86 bits per heavy atom. The van der Waals surface area contributed by atoms with Crippen molar-refractivity contribution in [3.63, 3.8) is 0 Å². The molecule has 5 heteroatoms. The highest BCUT2D eigenvalue weighted by Crippen LogP contribution is 2.13. The Morgan fingerprint density at radius 1 is 1.14 bits per heavy atom. The Labute approximate surface area is 129 Å². The van der Waals surface area contributed by atoms with E-state index in [9.17, 15) is 9.59 Å². The predicted molar refractivity (Wildman–Crippen MR) is 83.8 cm³/mol. The van der Waals surface area contributed by atoms with E-state index >= 15 is 0 Å². The highest BCUT2D eigenvalue weighted by atomic mass is 79.9. The molecule has 0 bridgehead atoms. The van der Waals surface area contributed by atoms with Gasteiger partial charge in [0.1, 0.15) is 11.2 Å². The lowest BCUT2D eigenvalue weighted by atomic mass is 10.0. The molecule has 0 N–H and O–H groups in total. The topological polar surface area (TPSA) is 51.4 Å². The molecule has 0 aliphatic heterocycles. The second-order valence-electron chi connectivity index (χ2n) is 4.65. The van der Waals surface area contributed by atoms with Crippen molar-refractivity contribution in [2.45, 2.75) is 6.92 Å². The molecular weight excluding hydrogens is 332 g/mol. The average Bonchev–Trinajstić information content (AvgIpc) is 2.49. The van der Waals surface area contributed by atoms with Crippen LogP contribution in [0.2, 0.25) is 0 Å². The molecular formula is C16H11BrN2O2. The number of rotatable bonds is 2. The van der Waals surface area contributed by atoms with Gasteiger partial charge in [-0.2, -0.15) is 0 Å². The number of aryl methyl sites for hydroxylation is 1. The zero-order chi connectivity index (χ0) is 15.0. The largest absolute Gasteiger partial charge is 0.288 e. The van der Waals surface area contributed by atoms with E-state index in [1.807, 2.05) is 6.07 Å². The van der Waals surface area contributed by atoms with E-state index < -0.39 is 0 Å². The number of carbonyl (C=O) groups is 1. The van der Waals surface area contributed by atoms with Gasteiger partial charge in [-0.05, 0) is 35.0 Å². The van der Waals surface area contributed by atoms with Gasteiger partial charge in [-0.15, -0.1) is 0 Å². The van der Waals surface area contributed by atoms with Gasteiger partial charge in [0.05, 0.1) is 5.69 Å². The molecule has 0 spiro atoms. The minimum atomic E-state index is -0.354. The van der Waals surface area contributed by atoms with Crippen molar-refractivity contribution in [1.82, 2.24) is 9.38 Å². The SMILES string of the molecule is Cc1nc2ccc(Br)cn2c(=O)c1C(=O)c1ccccc1. The molecule has 104 valence electrons. The fourth-order valence-electron chi connectivity index (χ4n) is 2.22. The van der Waals surface area contributed by atoms with Crippen molar-refractivity contribution in [2.24, 2.45) is 0 Å². The van der Waals surface area contributed by atoms with Crippen LogP contribution in [0.1, 0.15) is 21.6 Å². The van der Waals surface area contributed by atoms with Gasteiger partial charge in [-0.25, -0.2) is 4.98 Å². The highest BCUT2D eigenvalue weighted by Gasteiger charge is 2.18. The lowest BCUT2D eigenvalue weighted by molar-refractivity contribution is 0.103. The van der Waals surface area contributed by atoms with Crippen molar-refractivity contribution in [2.75, 3.05) is 0 Å². The van der Waals surface area contributed by atoms with Crippen LogP contribution < -0.4 is 5.56 Å². The summed E-state index contributed by atoms with van der Waals surface area (Å²) in [5, 5.41) is 0. The third-order valence-electron chi connectivity index (χ3n) is 3.23. The normalized spacial score (nSPS) is 10.8. The molecule has 3 rings (SSSR count). The van der Waals surface area contributed by atoms with Crippen molar-refractivity contribution in [3.8, 4) is 0 Å². The van der Waals surface area contributed by atoms with E-state index in [0.717, 1.165) is 4.47 Å². The first kappa shape index (κ1) is 13.7. The molecule has 0 atom stereocenters. The van der Waals surface area contributed by atoms with Crippen LogP contribution in [0.4, 0.5) is 0 Å². The summed E-state index contributed by atoms with van der Waals surface area (Å²) in [5.41, 5.74) is 1.19. The number of hydrogen-bond acceptors (Lipinski definition) is 3. The molecule has 0 saturated carbocycles. The standard InChI is InChI=1S/C16H11BrN2O2/c1-10-14(15(20)11-5-3-2-4-6-11)16(21)19-9-12(17)7-8-13(19)18-10/h2-9H,1H3. The third kappa shape index (κ3) is 2.40. The van der Waals surface area contributed by atoms with Crippen LogP contribution in [0, 0.1) is 6.92 Å².